The summed E-state index contributed by atoms with van der Waals surface area (Å²) in [7, 11) is 1.44. The number of esters is 1. The highest BCUT2D eigenvalue weighted by Gasteiger charge is 2.63. The Morgan fingerprint density at radius 3 is 2.79 bits per heavy atom. The van der Waals surface area contributed by atoms with Crippen molar-refractivity contribution in [3.8, 4) is 0 Å². The van der Waals surface area contributed by atoms with Crippen molar-refractivity contribution >= 4 is 23.0 Å². The predicted octanol–water partition coefficient (Wildman–Crippen LogP) is 1.27. The fourth-order valence-electron chi connectivity index (χ4n) is 5.44. The Balaban J connectivity index is 1.42. The molecule has 2 aliphatic heterocycles. The molecule has 2 N–H and O–H groups in total. The molecule has 3 aliphatic rings. The Hall–Kier alpha value is -2.34. The average molecular weight is 461 g/mol. The van der Waals surface area contributed by atoms with Crippen molar-refractivity contribution in [2.75, 3.05) is 26.0 Å². The number of carbonyl (C=O) groups is 1. The summed E-state index contributed by atoms with van der Waals surface area (Å²) in [4.78, 5) is 27.1. The normalized spacial score (nSPS) is 32.9. The molecular formula is C22H32N6O5. The van der Waals surface area contributed by atoms with E-state index in [1.807, 2.05) is 18.4 Å². The smallest absolute Gasteiger partial charge is 0.308 e. The Morgan fingerprint density at radius 2 is 2.09 bits per heavy atom. The van der Waals surface area contributed by atoms with Crippen LogP contribution in [0.4, 0.5) is 5.82 Å². The minimum Gasteiger partial charge on any atom is -0.469 e. The third-order valence-corrected chi connectivity index (χ3v) is 7.06. The summed E-state index contributed by atoms with van der Waals surface area (Å²) in [6.45, 7) is 9.08. The van der Waals surface area contributed by atoms with Gasteiger partial charge in [0.25, 0.3) is 0 Å². The van der Waals surface area contributed by atoms with Crippen LogP contribution in [-0.2, 0) is 29.5 Å². The van der Waals surface area contributed by atoms with Crippen LogP contribution >= 0.6 is 0 Å². The van der Waals surface area contributed by atoms with Crippen molar-refractivity contribution in [2.24, 2.45) is 5.92 Å². The summed E-state index contributed by atoms with van der Waals surface area (Å²) in [5, 5.41) is 0. The Bertz CT molecular complexity index is 1050. The molecule has 0 bridgehead atoms. The van der Waals surface area contributed by atoms with Crippen LogP contribution in [0.25, 0.3) is 11.2 Å². The van der Waals surface area contributed by atoms with E-state index >= 15 is 0 Å². The molecule has 2 aromatic heterocycles. The van der Waals surface area contributed by atoms with Crippen LogP contribution in [0.15, 0.2) is 12.7 Å². The van der Waals surface area contributed by atoms with E-state index in [2.05, 4.69) is 33.7 Å². The second-order valence-corrected chi connectivity index (χ2v) is 9.92. The summed E-state index contributed by atoms with van der Waals surface area (Å²) < 4.78 is 26.0. The Kier molecular flexibility index (Phi) is 5.35. The molecule has 0 aromatic carbocycles. The molecule has 3 atom stereocenters. The first-order chi connectivity index (χ1) is 15.6. The van der Waals surface area contributed by atoms with E-state index in [1.54, 1.807) is 6.33 Å². The number of fused-ring (bicyclic) bond motifs is 2. The maximum absolute atomic E-state index is 11.9. The fourth-order valence-corrected chi connectivity index (χ4v) is 5.44. The molecule has 1 aliphatic carbocycles. The van der Waals surface area contributed by atoms with Gasteiger partial charge in [0.1, 0.15) is 24.1 Å². The maximum atomic E-state index is 11.9. The van der Waals surface area contributed by atoms with Crippen LogP contribution in [0.3, 0.4) is 0 Å². The molecule has 11 nitrogen and oxygen atoms in total. The zero-order valence-corrected chi connectivity index (χ0v) is 19.7. The molecule has 2 saturated heterocycles. The van der Waals surface area contributed by atoms with Gasteiger partial charge in [-0.3, -0.25) is 14.3 Å². The molecule has 0 amide bonds. The van der Waals surface area contributed by atoms with Crippen molar-refractivity contribution in [1.29, 1.82) is 0 Å². The van der Waals surface area contributed by atoms with Gasteiger partial charge in [-0.2, -0.15) is 0 Å². The van der Waals surface area contributed by atoms with Crippen molar-refractivity contribution in [2.45, 2.75) is 76.3 Å². The molecule has 0 spiro atoms. The number of anilines is 1. The van der Waals surface area contributed by atoms with Gasteiger partial charge in [-0.25, -0.2) is 15.0 Å². The summed E-state index contributed by atoms with van der Waals surface area (Å²) >= 11 is 0. The third kappa shape index (κ3) is 3.58. The standard InChI is InChI=1S/C22H32N6O5/c1-12(2)27(14-6-13(7-14)20(29)30-5)8-15-17-22(9-31-15,33-21(3,4)32-17)28-11-26-16-18(23)24-10-25-19(16)28/h10-15,17H,6-9H2,1-5H3,(H2,23,24,25)/t13-,14+,15-,17-,22-/m1/s1. The first kappa shape index (κ1) is 22.5. The van der Waals surface area contributed by atoms with E-state index < -0.39 is 11.5 Å². The van der Waals surface area contributed by atoms with Gasteiger partial charge in [0.05, 0.1) is 26.0 Å². The highest BCUT2D eigenvalue weighted by molar-refractivity contribution is 5.81. The number of hydrogen-bond donors (Lipinski definition) is 1. The highest BCUT2D eigenvalue weighted by Crippen LogP contribution is 2.48. The molecule has 0 radical (unpaired) electrons. The van der Waals surface area contributed by atoms with E-state index in [4.69, 9.17) is 24.7 Å². The van der Waals surface area contributed by atoms with E-state index in [-0.39, 0.29) is 30.1 Å². The number of nitrogens with two attached hydrogens (primary N) is 1. The quantitative estimate of drug-likeness (QED) is 0.630. The third-order valence-electron chi connectivity index (χ3n) is 7.06. The van der Waals surface area contributed by atoms with Crippen molar-refractivity contribution < 1.29 is 23.7 Å². The summed E-state index contributed by atoms with van der Waals surface area (Å²) in [6.07, 6.45) is 4.07. The van der Waals surface area contributed by atoms with Crippen LogP contribution in [-0.4, -0.2) is 80.7 Å². The van der Waals surface area contributed by atoms with Crippen LogP contribution in [0.1, 0.15) is 40.5 Å². The van der Waals surface area contributed by atoms with Gasteiger partial charge in [0.2, 0.25) is 5.72 Å². The lowest BCUT2D eigenvalue weighted by molar-refractivity contribution is -0.206. The summed E-state index contributed by atoms with van der Waals surface area (Å²) in [5.41, 5.74) is 6.20. The first-order valence-electron chi connectivity index (χ1n) is 11.4. The monoisotopic (exact) mass is 460 g/mol. The number of methoxy groups -OCH3 is 1. The van der Waals surface area contributed by atoms with E-state index in [9.17, 15) is 4.79 Å². The molecule has 4 heterocycles. The van der Waals surface area contributed by atoms with Crippen molar-refractivity contribution in [3.05, 3.63) is 12.7 Å². The lowest BCUT2D eigenvalue weighted by atomic mass is 9.78. The Labute approximate surface area is 192 Å². The van der Waals surface area contributed by atoms with Gasteiger partial charge in [0, 0.05) is 18.6 Å². The molecule has 1 saturated carbocycles. The van der Waals surface area contributed by atoms with E-state index in [1.165, 1.54) is 13.4 Å². The van der Waals surface area contributed by atoms with Gasteiger partial charge in [0.15, 0.2) is 17.3 Å². The molecule has 5 rings (SSSR count). The average Bonchev–Trinajstić information content (AvgIpc) is 3.36. The number of rotatable bonds is 6. The fraction of sp³-hybridized carbons (Fsp3) is 0.727. The second kappa shape index (κ2) is 7.86. The number of nitrogen functional groups attached to an aromatic ring is 1. The van der Waals surface area contributed by atoms with Crippen molar-refractivity contribution in [1.82, 2.24) is 24.4 Å². The first-order valence-corrected chi connectivity index (χ1v) is 11.4. The number of hydrogen-bond acceptors (Lipinski definition) is 10. The number of ether oxygens (including phenoxy) is 4. The highest BCUT2D eigenvalue weighted by atomic mass is 16.8. The van der Waals surface area contributed by atoms with Gasteiger partial charge < -0.3 is 24.7 Å². The zero-order chi connectivity index (χ0) is 23.5. The lowest BCUT2D eigenvalue weighted by Gasteiger charge is -2.45. The van der Waals surface area contributed by atoms with Crippen LogP contribution < -0.4 is 5.73 Å². The topological polar surface area (TPSA) is 127 Å². The second-order valence-electron chi connectivity index (χ2n) is 9.92. The molecular weight excluding hydrogens is 428 g/mol. The molecule has 0 unspecified atom stereocenters. The number of aromatic nitrogens is 4. The predicted molar refractivity (Wildman–Crippen MR) is 118 cm³/mol. The molecule has 3 fully saturated rings. The van der Waals surface area contributed by atoms with E-state index in [0.717, 1.165) is 12.8 Å². The molecule has 33 heavy (non-hydrogen) atoms. The summed E-state index contributed by atoms with van der Waals surface area (Å²) in [5.74, 6) is -0.654. The maximum Gasteiger partial charge on any atom is 0.308 e. The zero-order valence-electron chi connectivity index (χ0n) is 19.7. The largest absolute Gasteiger partial charge is 0.469 e. The number of nitrogens with zero attached hydrogens (tertiary/aromatic N) is 5. The summed E-state index contributed by atoms with van der Waals surface area (Å²) in [6, 6.07) is 0.578. The van der Waals surface area contributed by atoms with E-state index in [0.29, 0.717) is 36.2 Å². The molecule has 2 aromatic rings. The van der Waals surface area contributed by atoms with Gasteiger partial charge in [-0.05, 0) is 40.5 Å². The van der Waals surface area contributed by atoms with Crippen molar-refractivity contribution in [3.63, 3.8) is 0 Å². The van der Waals surface area contributed by atoms with Gasteiger partial charge >= 0.3 is 5.97 Å². The minimum atomic E-state index is -0.916. The Morgan fingerprint density at radius 1 is 1.33 bits per heavy atom. The van der Waals surface area contributed by atoms with Gasteiger partial charge in [-0.1, -0.05) is 0 Å². The van der Waals surface area contributed by atoms with Crippen LogP contribution in [0.5, 0.6) is 0 Å². The minimum absolute atomic E-state index is 0.0303. The van der Waals surface area contributed by atoms with Crippen LogP contribution in [0.2, 0.25) is 0 Å². The number of imidazole rings is 1. The van der Waals surface area contributed by atoms with Crippen LogP contribution in [0, 0.1) is 5.92 Å². The SMILES string of the molecule is COC(=O)[C@H]1C[C@@H](N(C[C@H]2OC[C@@]3(n4cnc5c(N)ncnc54)OC(C)(C)O[C@H]23)C(C)C)C1. The molecule has 180 valence electrons. The lowest BCUT2D eigenvalue weighted by Crippen LogP contribution is -2.54. The molecule has 11 heteroatoms. The number of carbonyl (C=O) groups excluding carboxylic acids is 1. The van der Waals surface area contributed by atoms with Gasteiger partial charge in [-0.15, -0.1) is 0 Å².